The first kappa shape index (κ1) is 22.3. The summed E-state index contributed by atoms with van der Waals surface area (Å²) in [6.45, 7) is 2.75. The zero-order valence-electron chi connectivity index (χ0n) is 17.8. The molecule has 166 valence electrons. The van der Waals surface area contributed by atoms with Gasteiger partial charge in [-0.2, -0.15) is 0 Å². The summed E-state index contributed by atoms with van der Waals surface area (Å²) in [5.41, 5.74) is 4.64. The number of rotatable bonds is 6. The van der Waals surface area contributed by atoms with E-state index in [1.165, 1.54) is 21.9 Å². The maximum Gasteiger partial charge on any atom is 0.223 e. The molecule has 2 aromatic carbocycles. The van der Waals surface area contributed by atoms with E-state index < -0.39 is 10.0 Å². The summed E-state index contributed by atoms with van der Waals surface area (Å²) in [7, 11) is -3.43. The van der Waals surface area contributed by atoms with Crippen molar-refractivity contribution in [2.24, 2.45) is 5.92 Å². The van der Waals surface area contributed by atoms with Gasteiger partial charge in [0.1, 0.15) is 0 Å². The Balaban J connectivity index is 1.31. The quantitative estimate of drug-likeness (QED) is 0.700. The lowest BCUT2D eigenvalue weighted by molar-refractivity contribution is -0.126. The summed E-state index contributed by atoms with van der Waals surface area (Å²) >= 11 is 5.97. The highest BCUT2D eigenvalue weighted by Crippen LogP contribution is 2.27. The lowest BCUT2D eigenvalue weighted by Gasteiger charge is -2.31. The molecule has 2 aromatic rings. The van der Waals surface area contributed by atoms with E-state index in [1.54, 1.807) is 24.3 Å². The first-order chi connectivity index (χ1) is 14.8. The monoisotopic (exact) mass is 460 g/mol. The van der Waals surface area contributed by atoms with E-state index in [4.69, 9.17) is 11.6 Å². The highest BCUT2D eigenvalue weighted by atomic mass is 35.5. The van der Waals surface area contributed by atoms with Gasteiger partial charge in [-0.1, -0.05) is 41.9 Å². The van der Waals surface area contributed by atoms with E-state index in [1.807, 2.05) is 6.92 Å². The van der Waals surface area contributed by atoms with Crippen LogP contribution in [0, 0.1) is 5.92 Å². The molecule has 1 aliphatic carbocycles. The summed E-state index contributed by atoms with van der Waals surface area (Å²) in [6.07, 6.45) is 4.55. The van der Waals surface area contributed by atoms with Crippen molar-refractivity contribution in [3.05, 3.63) is 69.7 Å². The zero-order chi connectivity index (χ0) is 22.0. The van der Waals surface area contributed by atoms with Gasteiger partial charge >= 0.3 is 0 Å². The Bertz CT molecular complexity index is 1060. The smallest absolute Gasteiger partial charge is 0.223 e. The number of aryl methyl sites for hydroxylation is 2. The first-order valence-corrected chi connectivity index (χ1v) is 12.9. The summed E-state index contributed by atoms with van der Waals surface area (Å²) in [4.78, 5) is 12.8. The fourth-order valence-corrected chi connectivity index (χ4v) is 6.36. The molecule has 1 N–H and O–H groups in total. The maximum atomic E-state index is 12.8. The maximum absolute atomic E-state index is 12.8. The molecule has 1 saturated heterocycles. The molecule has 0 spiro atoms. The van der Waals surface area contributed by atoms with Crippen LogP contribution < -0.4 is 5.32 Å². The standard InChI is InChI=1S/C24H29ClN2O3S/c1-17(21-9-8-19-5-3-6-22(19)15-21)26-24(28)20-10-12-27(13-11-20)31(29,30)16-18-4-2-7-23(25)14-18/h2,4,7-9,14-15,17,20H,3,5-6,10-13,16H2,1H3,(H,26,28). The Labute approximate surface area is 189 Å². The molecule has 4 rings (SSSR count). The van der Waals surface area contributed by atoms with Gasteiger partial charge in [0.25, 0.3) is 0 Å². The van der Waals surface area contributed by atoms with E-state index >= 15 is 0 Å². The minimum Gasteiger partial charge on any atom is -0.349 e. The molecule has 31 heavy (non-hydrogen) atoms. The van der Waals surface area contributed by atoms with Crippen molar-refractivity contribution in [3.8, 4) is 0 Å². The Morgan fingerprint density at radius 3 is 2.61 bits per heavy atom. The molecule has 0 bridgehead atoms. The molecule has 7 heteroatoms. The van der Waals surface area contributed by atoms with E-state index in [0.717, 1.165) is 18.4 Å². The van der Waals surface area contributed by atoms with Crippen LogP contribution in [0.5, 0.6) is 0 Å². The zero-order valence-corrected chi connectivity index (χ0v) is 19.4. The van der Waals surface area contributed by atoms with Gasteiger partial charge in [0.2, 0.25) is 15.9 Å². The summed E-state index contributed by atoms with van der Waals surface area (Å²) in [5, 5.41) is 3.66. The second-order valence-corrected chi connectivity index (χ2v) is 11.1. The number of halogens is 1. The fourth-order valence-electron chi connectivity index (χ4n) is 4.60. The lowest BCUT2D eigenvalue weighted by Crippen LogP contribution is -2.43. The van der Waals surface area contributed by atoms with Crippen molar-refractivity contribution in [1.82, 2.24) is 9.62 Å². The number of piperidine rings is 1. The molecule has 1 aliphatic heterocycles. The molecule has 1 heterocycles. The van der Waals surface area contributed by atoms with Gasteiger partial charge < -0.3 is 5.32 Å². The van der Waals surface area contributed by atoms with Gasteiger partial charge in [-0.25, -0.2) is 12.7 Å². The number of nitrogens with one attached hydrogen (secondary N) is 1. The minimum atomic E-state index is -3.43. The lowest BCUT2D eigenvalue weighted by atomic mass is 9.96. The van der Waals surface area contributed by atoms with Crippen molar-refractivity contribution < 1.29 is 13.2 Å². The number of fused-ring (bicyclic) bond motifs is 1. The molecular weight excluding hydrogens is 432 g/mol. The Morgan fingerprint density at radius 2 is 1.87 bits per heavy atom. The van der Waals surface area contributed by atoms with Crippen LogP contribution in [0.25, 0.3) is 0 Å². The van der Waals surface area contributed by atoms with Gasteiger partial charge in [-0.05, 0) is 73.4 Å². The third-order valence-electron chi connectivity index (χ3n) is 6.44. The van der Waals surface area contributed by atoms with Crippen LogP contribution in [0.4, 0.5) is 0 Å². The minimum absolute atomic E-state index is 0.0138. The van der Waals surface area contributed by atoms with E-state index in [2.05, 4.69) is 23.5 Å². The predicted octanol–water partition coefficient (Wildman–Crippen LogP) is 4.25. The van der Waals surface area contributed by atoms with Crippen LogP contribution in [-0.4, -0.2) is 31.7 Å². The summed E-state index contributed by atoms with van der Waals surface area (Å²) in [5.74, 6) is -0.214. The van der Waals surface area contributed by atoms with Gasteiger partial charge in [0, 0.05) is 24.0 Å². The number of sulfonamides is 1. The van der Waals surface area contributed by atoms with Crippen molar-refractivity contribution in [1.29, 1.82) is 0 Å². The fraction of sp³-hybridized carbons (Fsp3) is 0.458. The van der Waals surface area contributed by atoms with Crippen LogP contribution in [0.2, 0.25) is 5.02 Å². The van der Waals surface area contributed by atoms with Crippen LogP contribution in [0.1, 0.15) is 54.5 Å². The number of hydrogen-bond donors (Lipinski definition) is 1. The van der Waals surface area contributed by atoms with Crippen LogP contribution >= 0.6 is 11.6 Å². The molecule has 1 atom stereocenters. The highest BCUT2D eigenvalue weighted by Gasteiger charge is 2.31. The number of nitrogens with zero attached hydrogens (tertiary/aromatic N) is 1. The van der Waals surface area contributed by atoms with Gasteiger partial charge in [-0.3, -0.25) is 4.79 Å². The largest absolute Gasteiger partial charge is 0.349 e. The third kappa shape index (κ3) is 5.30. The first-order valence-electron chi connectivity index (χ1n) is 11.0. The molecule has 0 radical (unpaired) electrons. The highest BCUT2D eigenvalue weighted by molar-refractivity contribution is 7.88. The number of hydrogen-bond acceptors (Lipinski definition) is 3. The van der Waals surface area contributed by atoms with Gasteiger partial charge in [-0.15, -0.1) is 0 Å². The van der Waals surface area contributed by atoms with Crippen LogP contribution in [0.15, 0.2) is 42.5 Å². The van der Waals surface area contributed by atoms with Gasteiger partial charge in [0.05, 0.1) is 11.8 Å². The molecule has 2 aliphatic rings. The molecule has 1 amide bonds. The van der Waals surface area contributed by atoms with Crippen molar-refractivity contribution in [3.63, 3.8) is 0 Å². The number of carbonyl (C=O) groups excluding carboxylic acids is 1. The second-order valence-electron chi connectivity index (χ2n) is 8.67. The van der Waals surface area contributed by atoms with Crippen molar-refractivity contribution >= 4 is 27.5 Å². The number of amides is 1. The number of carbonyl (C=O) groups is 1. The molecular formula is C24H29ClN2O3S. The third-order valence-corrected chi connectivity index (χ3v) is 8.52. The summed E-state index contributed by atoms with van der Waals surface area (Å²) < 4.78 is 27.1. The normalized spacial score (nSPS) is 18.5. The Kier molecular flexibility index (Phi) is 6.70. The number of benzene rings is 2. The predicted molar refractivity (Wildman–Crippen MR) is 123 cm³/mol. The van der Waals surface area contributed by atoms with Gasteiger partial charge in [0.15, 0.2) is 0 Å². The van der Waals surface area contributed by atoms with E-state index in [0.29, 0.717) is 36.5 Å². The van der Waals surface area contributed by atoms with Crippen molar-refractivity contribution in [2.45, 2.75) is 50.8 Å². The molecule has 1 fully saturated rings. The molecule has 0 saturated carbocycles. The topological polar surface area (TPSA) is 66.5 Å². The van der Waals surface area contributed by atoms with E-state index in [9.17, 15) is 13.2 Å². The van der Waals surface area contributed by atoms with Crippen LogP contribution in [0.3, 0.4) is 0 Å². The second kappa shape index (κ2) is 9.31. The Hall–Kier alpha value is -1.89. The SMILES string of the molecule is CC(NC(=O)C1CCN(S(=O)(=O)Cc2cccc(Cl)c2)CC1)c1ccc2c(c1)CCC2. The van der Waals surface area contributed by atoms with Crippen molar-refractivity contribution in [2.75, 3.05) is 13.1 Å². The Morgan fingerprint density at radius 1 is 1.13 bits per heavy atom. The molecule has 5 nitrogen and oxygen atoms in total. The van der Waals surface area contributed by atoms with E-state index in [-0.39, 0.29) is 23.6 Å². The summed E-state index contributed by atoms with van der Waals surface area (Å²) in [6, 6.07) is 13.4. The molecule has 1 unspecified atom stereocenters. The average molecular weight is 461 g/mol. The van der Waals surface area contributed by atoms with Crippen LogP contribution in [-0.2, 0) is 33.4 Å². The average Bonchev–Trinajstić information content (AvgIpc) is 3.21. The molecule has 0 aromatic heterocycles.